The van der Waals surface area contributed by atoms with Crippen molar-refractivity contribution >= 4 is 15.9 Å². The molecule has 1 rings (SSSR count). The lowest BCUT2D eigenvalue weighted by atomic mass is 10.0. The highest BCUT2D eigenvalue weighted by atomic mass is 79.9. The molecule has 0 fully saturated rings. The van der Waals surface area contributed by atoms with Crippen LogP contribution in [0.1, 0.15) is 44.6 Å². The largest absolute Gasteiger partial charge is 0.497 e. The minimum absolute atomic E-state index is 0.604. The van der Waals surface area contributed by atoms with Crippen LogP contribution in [0.4, 0.5) is 0 Å². The zero-order valence-corrected chi connectivity index (χ0v) is 12.5. The first-order valence-corrected chi connectivity index (χ1v) is 7.44. The van der Waals surface area contributed by atoms with E-state index >= 15 is 0 Å². The first-order chi connectivity index (χ1) is 8.26. The van der Waals surface area contributed by atoms with E-state index in [0.717, 1.165) is 12.2 Å². The second-order valence-corrected chi connectivity index (χ2v) is 5.79. The highest BCUT2D eigenvalue weighted by Crippen LogP contribution is 2.19. The summed E-state index contributed by atoms with van der Waals surface area (Å²) in [5, 5.41) is 0. The van der Waals surface area contributed by atoms with Crippen LogP contribution in [0.3, 0.4) is 0 Å². The highest BCUT2D eigenvalue weighted by molar-refractivity contribution is 9.09. The van der Waals surface area contributed by atoms with Gasteiger partial charge in [-0.2, -0.15) is 0 Å². The zero-order chi connectivity index (χ0) is 12.5. The molecule has 2 heteroatoms. The molecule has 17 heavy (non-hydrogen) atoms. The maximum Gasteiger partial charge on any atom is 0.118 e. The normalized spacial score (nSPS) is 12.4. The van der Waals surface area contributed by atoms with Crippen molar-refractivity contribution in [3.63, 3.8) is 0 Å². The number of methoxy groups -OCH3 is 1. The zero-order valence-electron chi connectivity index (χ0n) is 10.9. The molecule has 0 amide bonds. The van der Waals surface area contributed by atoms with Crippen molar-refractivity contribution in [2.45, 2.75) is 50.3 Å². The number of hydrogen-bond donors (Lipinski definition) is 0. The Morgan fingerprint density at radius 2 is 1.82 bits per heavy atom. The number of unbranched alkanes of at least 4 members (excludes halogenated alkanes) is 3. The van der Waals surface area contributed by atoms with Crippen molar-refractivity contribution < 1.29 is 4.74 Å². The minimum atomic E-state index is 0.604. The van der Waals surface area contributed by atoms with Gasteiger partial charge in [0, 0.05) is 4.83 Å². The van der Waals surface area contributed by atoms with Crippen molar-refractivity contribution in [2.24, 2.45) is 0 Å². The molecule has 0 aliphatic carbocycles. The van der Waals surface area contributed by atoms with Gasteiger partial charge in [0.15, 0.2) is 0 Å². The van der Waals surface area contributed by atoms with E-state index in [2.05, 4.69) is 35.0 Å². The van der Waals surface area contributed by atoms with Gasteiger partial charge in [-0.05, 0) is 30.5 Å². The molecule has 0 aliphatic heterocycles. The van der Waals surface area contributed by atoms with E-state index in [4.69, 9.17) is 4.74 Å². The molecular formula is C15H23BrO. The van der Waals surface area contributed by atoms with Crippen LogP contribution >= 0.6 is 15.9 Å². The molecule has 0 aromatic heterocycles. The average Bonchev–Trinajstić information content (AvgIpc) is 2.36. The minimum Gasteiger partial charge on any atom is -0.497 e. The summed E-state index contributed by atoms with van der Waals surface area (Å²) in [4.78, 5) is 0.604. The summed E-state index contributed by atoms with van der Waals surface area (Å²) in [6.45, 7) is 2.25. The predicted molar refractivity (Wildman–Crippen MR) is 78.2 cm³/mol. The molecule has 0 radical (unpaired) electrons. The Morgan fingerprint density at radius 1 is 1.12 bits per heavy atom. The van der Waals surface area contributed by atoms with Gasteiger partial charge in [-0.1, -0.05) is 60.7 Å². The van der Waals surface area contributed by atoms with Gasteiger partial charge < -0.3 is 4.74 Å². The molecule has 0 saturated heterocycles. The van der Waals surface area contributed by atoms with Crippen LogP contribution in [-0.4, -0.2) is 11.9 Å². The van der Waals surface area contributed by atoms with E-state index in [1.54, 1.807) is 7.11 Å². The summed E-state index contributed by atoms with van der Waals surface area (Å²) in [5.41, 5.74) is 1.38. The Morgan fingerprint density at radius 3 is 2.41 bits per heavy atom. The van der Waals surface area contributed by atoms with Crippen LogP contribution in [0, 0.1) is 0 Å². The Labute approximate surface area is 114 Å². The topological polar surface area (TPSA) is 9.23 Å². The third-order valence-corrected chi connectivity index (χ3v) is 3.77. The van der Waals surface area contributed by atoms with Crippen molar-refractivity contribution in [2.75, 3.05) is 7.11 Å². The Kier molecular flexibility index (Phi) is 7.34. The summed E-state index contributed by atoms with van der Waals surface area (Å²) in [6.07, 6.45) is 7.75. The smallest absolute Gasteiger partial charge is 0.118 e. The summed E-state index contributed by atoms with van der Waals surface area (Å²) in [7, 11) is 1.70. The summed E-state index contributed by atoms with van der Waals surface area (Å²) < 4.78 is 5.15. The third kappa shape index (κ3) is 6.11. The number of benzene rings is 1. The maximum absolute atomic E-state index is 5.15. The van der Waals surface area contributed by atoms with Crippen molar-refractivity contribution in [1.29, 1.82) is 0 Å². The number of alkyl halides is 1. The molecule has 96 valence electrons. The van der Waals surface area contributed by atoms with Crippen LogP contribution in [0.5, 0.6) is 5.75 Å². The van der Waals surface area contributed by atoms with E-state index in [-0.39, 0.29) is 0 Å². The SMILES string of the molecule is CCCCCCC(Br)Cc1ccc(OC)cc1. The number of rotatable bonds is 8. The van der Waals surface area contributed by atoms with Gasteiger partial charge >= 0.3 is 0 Å². The van der Waals surface area contributed by atoms with E-state index in [9.17, 15) is 0 Å². The number of halogens is 1. The summed E-state index contributed by atoms with van der Waals surface area (Å²) in [6, 6.07) is 8.37. The second kappa shape index (κ2) is 8.57. The fourth-order valence-corrected chi connectivity index (χ4v) is 2.61. The van der Waals surface area contributed by atoms with Crippen LogP contribution in [0.2, 0.25) is 0 Å². The lowest BCUT2D eigenvalue weighted by Crippen LogP contribution is -2.02. The van der Waals surface area contributed by atoms with Gasteiger partial charge in [0.2, 0.25) is 0 Å². The van der Waals surface area contributed by atoms with Gasteiger partial charge in [-0.15, -0.1) is 0 Å². The van der Waals surface area contributed by atoms with E-state index in [1.807, 2.05) is 12.1 Å². The molecule has 1 nitrogen and oxygen atoms in total. The van der Waals surface area contributed by atoms with E-state index in [1.165, 1.54) is 37.7 Å². The summed E-state index contributed by atoms with van der Waals surface area (Å²) in [5.74, 6) is 0.933. The molecule has 0 spiro atoms. The van der Waals surface area contributed by atoms with Gasteiger partial charge in [0.05, 0.1) is 7.11 Å². The molecule has 0 aliphatic rings. The van der Waals surface area contributed by atoms with Crippen LogP contribution < -0.4 is 4.74 Å². The molecule has 1 atom stereocenters. The van der Waals surface area contributed by atoms with Crippen LogP contribution in [0.15, 0.2) is 24.3 Å². The Balaban J connectivity index is 2.26. The fourth-order valence-electron chi connectivity index (χ4n) is 1.91. The average molecular weight is 299 g/mol. The molecule has 1 aromatic carbocycles. The Hall–Kier alpha value is -0.500. The van der Waals surface area contributed by atoms with Gasteiger partial charge in [0.25, 0.3) is 0 Å². The predicted octanol–water partition coefficient (Wildman–Crippen LogP) is 4.97. The number of ether oxygens (including phenoxy) is 1. The summed E-state index contributed by atoms with van der Waals surface area (Å²) >= 11 is 3.77. The van der Waals surface area contributed by atoms with E-state index in [0.29, 0.717) is 4.83 Å². The van der Waals surface area contributed by atoms with E-state index < -0.39 is 0 Å². The van der Waals surface area contributed by atoms with Gasteiger partial charge in [-0.25, -0.2) is 0 Å². The molecule has 1 aromatic rings. The van der Waals surface area contributed by atoms with Crippen molar-refractivity contribution in [3.8, 4) is 5.75 Å². The maximum atomic E-state index is 5.15. The second-order valence-electron chi connectivity index (χ2n) is 4.50. The van der Waals surface area contributed by atoms with Crippen molar-refractivity contribution in [1.82, 2.24) is 0 Å². The third-order valence-electron chi connectivity index (χ3n) is 2.99. The number of hydrogen-bond acceptors (Lipinski definition) is 1. The quantitative estimate of drug-likeness (QED) is 0.486. The molecule has 0 bridgehead atoms. The van der Waals surface area contributed by atoms with Crippen LogP contribution in [0.25, 0.3) is 0 Å². The molecule has 0 N–H and O–H groups in total. The van der Waals surface area contributed by atoms with Crippen LogP contribution in [-0.2, 0) is 6.42 Å². The molecule has 0 saturated carbocycles. The molecule has 0 heterocycles. The van der Waals surface area contributed by atoms with Gasteiger partial charge in [0.1, 0.15) is 5.75 Å². The van der Waals surface area contributed by atoms with Gasteiger partial charge in [-0.3, -0.25) is 0 Å². The lowest BCUT2D eigenvalue weighted by molar-refractivity contribution is 0.414. The fraction of sp³-hybridized carbons (Fsp3) is 0.600. The standard InChI is InChI=1S/C15H23BrO/c1-3-4-5-6-7-14(16)12-13-8-10-15(17-2)11-9-13/h8-11,14H,3-7,12H2,1-2H3. The molecule has 1 unspecified atom stereocenters. The monoisotopic (exact) mass is 298 g/mol. The first kappa shape index (κ1) is 14.6. The first-order valence-electron chi connectivity index (χ1n) is 6.53. The lowest BCUT2D eigenvalue weighted by Gasteiger charge is -2.10. The van der Waals surface area contributed by atoms with Crippen molar-refractivity contribution in [3.05, 3.63) is 29.8 Å². The Bertz CT molecular complexity index is 294. The highest BCUT2D eigenvalue weighted by Gasteiger charge is 2.05. The molecular weight excluding hydrogens is 276 g/mol.